The molecule has 6 heteroatoms. The molecule has 1 aliphatic heterocycles. The number of benzene rings is 2. The second-order valence-electron chi connectivity index (χ2n) is 5.97. The number of urea groups is 1. The maximum atomic E-state index is 13.8. The number of hydrogen-bond donors (Lipinski definition) is 2. The molecule has 3 N–H and O–H groups in total. The molecule has 0 aromatic heterocycles. The molecule has 0 aliphatic carbocycles. The Morgan fingerprint density at radius 3 is 2.50 bits per heavy atom. The maximum Gasteiger partial charge on any atom is 0.322 e. The highest BCUT2D eigenvalue weighted by molar-refractivity contribution is 5.95. The van der Waals surface area contributed by atoms with E-state index in [0.29, 0.717) is 12.5 Å². The lowest BCUT2D eigenvalue weighted by molar-refractivity contribution is 0.0671. The summed E-state index contributed by atoms with van der Waals surface area (Å²) in [5, 5.41) is 2.67. The maximum absolute atomic E-state index is 13.8. The number of nitrogens with two attached hydrogens (primary N) is 1. The molecule has 2 aromatic rings. The highest BCUT2D eigenvalue weighted by Gasteiger charge is 2.39. The number of rotatable bonds is 3. The van der Waals surface area contributed by atoms with Crippen molar-refractivity contribution in [2.45, 2.75) is 13.0 Å². The van der Waals surface area contributed by atoms with E-state index in [9.17, 15) is 14.0 Å². The summed E-state index contributed by atoms with van der Waals surface area (Å²) in [5.41, 5.74) is 6.22. The lowest BCUT2D eigenvalue weighted by Crippen LogP contribution is -2.53. The molecule has 124 valence electrons. The lowest BCUT2D eigenvalue weighted by atomic mass is 9.85. The Morgan fingerprint density at radius 2 is 1.92 bits per heavy atom. The molecule has 0 radical (unpaired) electrons. The van der Waals surface area contributed by atoms with Crippen LogP contribution in [0.5, 0.6) is 0 Å². The van der Waals surface area contributed by atoms with Crippen LogP contribution in [0.1, 0.15) is 28.9 Å². The number of carbonyl (C=O) groups excluding carboxylic acids is 2. The van der Waals surface area contributed by atoms with Crippen LogP contribution in [0.2, 0.25) is 0 Å². The van der Waals surface area contributed by atoms with Gasteiger partial charge in [-0.1, -0.05) is 37.3 Å². The first-order valence-corrected chi connectivity index (χ1v) is 7.69. The first-order chi connectivity index (χ1) is 11.5. The third kappa shape index (κ3) is 2.95. The van der Waals surface area contributed by atoms with E-state index in [1.165, 1.54) is 12.1 Å². The summed E-state index contributed by atoms with van der Waals surface area (Å²) in [6.07, 6.45) is 0. The summed E-state index contributed by atoms with van der Waals surface area (Å²) in [4.78, 5) is 25.2. The van der Waals surface area contributed by atoms with Crippen molar-refractivity contribution in [2.75, 3.05) is 11.9 Å². The zero-order valence-corrected chi connectivity index (χ0v) is 13.2. The first kappa shape index (κ1) is 16.0. The Morgan fingerprint density at radius 1 is 1.21 bits per heavy atom. The number of hydrogen-bond acceptors (Lipinski definition) is 2. The largest absolute Gasteiger partial charge is 0.366 e. The molecule has 3 amide bonds. The van der Waals surface area contributed by atoms with Crippen molar-refractivity contribution in [2.24, 2.45) is 11.7 Å². The quantitative estimate of drug-likeness (QED) is 0.908. The van der Waals surface area contributed by atoms with E-state index < -0.39 is 11.7 Å². The van der Waals surface area contributed by atoms with Gasteiger partial charge in [0, 0.05) is 12.2 Å². The minimum absolute atomic E-state index is 0.000870. The summed E-state index contributed by atoms with van der Waals surface area (Å²) in [6, 6.07) is 13.3. The van der Waals surface area contributed by atoms with Crippen LogP contribution in [0.25, 0.3) is 0 Å². The summed E-state index contributed by atoms with van der Waals surface area (Å²) in [5.74, 6) is -1.24. The van der Waals surface area contributed by atoms with Gasteiger partial charge in [-0.05, 0) is 29.7 Å². The fraction of sp³-hybridized carbons (Fsp3) is 0.222. The molecule has 0 bridgehead atoms. The van der Waals surface area contributed by atoms with Gasteiger partial charge < -0.3 is 16.0 Å². The van der Waals surface area contributed by atoms with E-state index in [4.69, 9.17) is 5.73 Å². The number of halogens is 1. The van der Waals surface area contributed by atoms with Crippen molar-refractivity contribution in [1.82, 2.24) is 4.90 Å². The van der Waals surface area contributed by atoms with Crippen molar-refractivity contribution in [3.05, 3.63) is 65.5 Å². The van der Waals surface area contributed by atoms with E-state index >= 15 is 0 Å². The lowest BCUT2D eigenvalue weighted by Gasteiger charge is -2.46. The average Bonchev–Trinajstić information content (AvgIpc) is 2.53. The second kappa shape index (κ2) is 6.31. The van der Waals surface area contributed by atoms with Gasteiger partial charge in [0.25, 0.3) is 5.91 Å². The molecule has 1 fully saturated rings. The third-order valence-electron chi connectivity index (χ3n) is 4.25. The van der Waals surface area contributed by atoms with Crippen LogP contribution in [-0.4, -0.2) is 23.4 Å². The minimum Gasteiger partial charge on any atom is -0.366 e. The Labute approximate surface area is 139 Å². The predicted octanol–water partition coefficient (Wildman–Crippen LogP) is 3.15. The average molecular weight is 327 g/mol. The van der Waals surface area contributed by atoms with E-state index in [-0.39, 0.29) is 23.3 Å². The number of primary amides is 1. The molecule has 2 atom stereocenters. The molecule has 1 aliphatic rings. The smallest absolute Gasteiger partial charge is 0.322 e. The number of nitrogens with one attached hydrogen (secondary N) is 1. The normalized spacial score (nSPS) is 19.5. The second-order valence-corrected chi connectivity index (χ2v) is 5.97. The highest BCUT2D eigenvalue weighted by Crippen LogP contribution is 2.38. The van der Waals surface area contributed by atoms with Crippen LogP contribution in [0.4, 0.5) is 14.9 Å². The molecule has 3 rings (SSSR count). The Bertz CT molecular complexity index is 779. The molecule has 0 saturated carbocycles. The Kier molecular flexibility index (Phi) is 4.20. The minimum atomic E-state index is -0.842. The monoisotopic (exact) mass is 327 g/mol. The van der Waals surface area contributed by atoms with Crippen molar-refractivity contribution < 1.29 is 14.0 Å². The van der Waals surface area contributed by atoms with Crippen LogP contribution >= 0.6 is 0 Å². The fourth-order valence-electron chi connectivity index (χ4n) is 3.05. The fourth-order valence-corrected chi connectivity index (χ4v) is 3.05. The molecule has 0 spiro atoms. The summed E-state index contributed by atoms with van der Waals surface area (Å²) in [6.45, 7) is 2.72. The summed E-state index contributed by atoms with van der Waals surface area (Å²) >= 11 is 0. The van der Waals surface area contributed by atoms with Crippen molar-refractivity contribution >= 4 is 17.6 Å². The predicted molar refractivity (Wildman–Crippen MR) is 89.0 cm³/mol. The Hall–Kier alpha value is -2.89. The SMILES string of the molecule is C[C@@H]1CN(C(=O)Nc2ccc(C(N)=O)c(F)c2)[C@@H]1c1ccccc1. The third-order valence-corrected chi connectivity index (χ3v) is 4.25. The van der Waals surface area contributed by atoms with Crippen LogP contribution in [-0.2, 0) is 0 Å². The zero-order valence-electron chi connectivity index (χ0n) is 13.2. The Balaban J connectivity index is 1.73. The van der Waals surface area contributed by atoms with E-state index in [2.05, 4.69) is 12.2 Å². The van der Waals surface area contributed by atoms with Gasteiger partial charge in [-0.25, -0.2) is 9.18 Å². The van der Waals surface area contributed by atoms with Gasteiger partial charge in [0.1, 0.15) is 5.82 Å². The van der Waals surface area contributed by atoms with Gasteiger partial charge >= 0.3 is 6.03 Å². The van der Waals surface area contributed by atoms with Crippen molar-refractivity contribution in [1.29, 1.82) is 0 Å². The summed E-state index contributed by atoms with van der Waals surface area (Å²) in [7, 11) is 0. The molecule has 5 nitrogen and oxygen atoms in total. The molecule has 1 saturated heterocycles. The van der Waals surface area contributed by atoms with Gasteiger partial charge in [-0.3, -0.25) is 4.79 Å². The van der Waals surface area contributed by atoms with E-state index in [0.717, 1.165) is 11.6 Å². The van der Waals surface area contributed by atoms with Gasteiger partial charge in [-0.15, -0.1) is 0 Å². The molecule has 2 aromatic carbocycles. The number of anilines is 1. The van der Waals surface area contributed by atoms with Gasteiger partial charge in [0.05, 0.1) is 11.6 Å². The standard InChI is InChI=1S/C18H18FN3O2/c1-11-10-22(16(11)12-5-3-2-4-6-12)18(24)21-13-7-8-14(17(20)23)15(19)9-13/h2-9,11,16H,10H2,1H3,(H2,20,23)(H,21,24)/t11-,16+/m1/s1. The topological polar surface area (TPSA) is 75.4 Å². The van der Waals surface area contributed by atoms with Crippen LogP contribution in [0.15, 0.2) is 48.5 Å². The van der Waals surface area contributed by atoms with Gasteiger partial charge in [0.2, 0.25) is 0 Å². The number of likely N-dealkylation sites (tertiary alicyclic amines) is 1. The van der Waals surface area contributed by atoms with Gasteiger partial charge in [-0.2, -0.15) is 0 Å². The highest BCUT2D eigenvalue weighted by atomic mass is 19.1. The molecule has 24 heavy (non-hydrogen) atoms. The van der Waals surface area contributed by atoms with Crippen molar-refractivity contribution in [3.8, 4) is 0 Å². The molecule has 1 heterocycles. The van der Waals surface area contributed by atoms with Crippen LogP contribution < -0.4 is 11.1 Å². The van der Waals surface area contributed by atoms with E-state index in [1.54, 1.807) is 4.90 Å². The van der Waals surface area contributed by atoms with E-state index in [1.807, 2.05) is 30.3 Å². The van der Waals surface area contributed by atoms with Crippen molar-refractivity contribution in [3.63, 3.8) is 0 Å². The first-order valence-electron chi connectivity index (χ1n) is 7.69. The number of nitrogens with zero attached hydrogens (tertiary/aromatic N) is 1. The van der Waals surface area contributed by atoms with Gasteiger partial charge in [0.15, 0.2) is 0 Å². The summed E-state index contributed by atoms with van der Waals surface area (Å²) < 4.78 is 13.8. The molecular formula is C18H18FN3O2. The number of amides is 3. The van der Waals surface area contributed by atoms with Crippen LogP contribution in [0, 0.1) is 11.7 Å². The zero-order chi connectivity index (χ0) is 17.3. The molecular weight excluding hydrogens is 309 g/mol. The van der Waals surface area contributed by atoms with Crippen LogP contribution in [0.3, 0.4) is 0 Å². The molecule has 0 unspecified atom stereocenters. The number of carbonyl (C=O) groups is 2.